The van der Waals surface area contributed by atoms with Crippen molar-refractivity contribution in [3.63, 3.8) is 0 Å². The predicted octanol–water partition coefficient (Wildman–Crippen LogP) is 1.20. The number of carbonyl (C=O) groups is 1. The minimum absolute atomic E-state index is 0.00759. The van der Waals surface area contributed by atoms with E-state index in [0.717, 1.165) is 3.57 Å². The van der Waals surface area contributed by atoms with E-state index in [2.05, 4.69) is 22.6 Å². The Morgan fingerprint density at radius 1 is 1.50 bits per heavy atom. The number of halogens is 1. The lowest BCUT2D eigenvalue weighted by Gasteiger charge is -2.16. The van der Waals surface area contributed by atoms with E-state index in [1.165, 1.54) is 6.07 Å². The predicted molar refractivity (Wildman–Crippen MR) is 67.4 cm³/mol. The molecule has 1 heterocycles. The zero-order chi connectivity index (χ0) is 11.7. The number of aliphatic hydroxyl groups is 1. The standard InChI is InChI=1S/C11H12INO3/c12-7-1-2-10(15)9(5-7)11(16)13-4-3-8(14)6-13/h1-2,5,8,14-15H,3-4,6H2/t8-/m1/s1. The number of aliphatic hydroxyl groups excluding tert-OH is 1. The number of phenols is 1. The van der Waals surface area contributed by atoms with Gasteiger partial charge in [-0.2, -0.15) is 0 Å². The van der Waals surface area contributed by atoms with E-state index in [9.17, 15) is 15.0 Å². The first-order valence-electron chi connectivity index (χ1n) is 5.04. The summed E-state index contributed by atoms with van der Waals surface area (Å²) in [5, 5.41) is 19.0. The molecule has 86 valence electrons. The number of phenolic OH excluding ortho intramolecular Hbond substituents is 1. The van der Waals surface area contributed by atoms with Crippen molar-refractivity contribution in [2.75, 3.05) is 13.1 Å². The summed E-state index contributed by atoms with van der Waals surface area (Å²) in [6.07, 6.45) is 0.171. The molecule has 1 atom stereocenters. The lowest BCUT2D eigenvalue weighted by atomic mass is 10.2. The van der Waals surface area contributed by atoms with Gasteiger partial charge in [0.1, 0.15) is 5.75 Å². The Labute approximate surface area is 107 Å². The van der Waals surface area contributed by atoms with Crippen LogP contribution >= 0.6 is 22.6 Å². The Hall–Kier alpha value is -0.820. The number of aromatic hydroxyl groups is 1. The molecule has 16 heavy (non-hydrogen) atoms. The number of hydrogen-bond acceptors (Lipinski definition) is 3. The topological polar surface area (TPSA) is 60.8 Å². The zero-order valence-corrected chi connectivity index (χ0v) is 10.7. The van der Waals surface area contributed by atoms with Crippen LogP contribution in [0.3, 0.4) is 0 Å². The molecule has 2 rings (SSSR count). The Kier molecular flexibility index (Phi) is 3.34. The summed E-state index contributed by atoms with van der Waals surface area (Å²) in [5.74, 6) is -0.223. The normalized spacial score (nSPS) is 20.1. The summed E-state index contributed by atoms with van der Waals surface area (Å²) in [5.41, 5.74) is 0.306. The molecular formula is C11H12INO3. The molecule has 0 aromatic heterocycles. The number of nitrogens with zero attached hydrogens (tertiary/aromatic N) is 1. The van der Waals surface area contributed by atoms with Crippen molar-refractivity contribution in [3.05, 3.63) is 27.3 Å². The van der Waals surface area contributed by atoms with Crippen molar-refractivity contribution in [1.29, 1.82) is 0 Å². The summed E-state index contributed by atoms with van der Waals surface area (Å²) < 4.78 is 0.901. The van der Waals surface area contributed by atoms with Crippen LogP contribution in [0.4, 0.5) is 0 Å². The summed E-state index contributed by atoms with van der Waals surface area (Å²) >= 11 is 2.09. The van der Waals surface area contributed by atoms with Gasteiger partial charge in [-0.25, -0.2) is 0 Å². The third kappa shape index (κ3) is 2.30. The average Bonchev–Trinajstić information content (AvgIpc) is 2.67. The van der Waals surface area contributed by atoms with Crippen molar-refractivity contribution < 1.29 is 15.0 Å². The largest absolute Gasteiger partial charge is 0.507 e. The van der Waals surface area contributed by atoms with Crippen LogP contribution in [0.5, 0.6) is 5.75 Å². The van der Waals surface area contributed by atoms with Crippen LogP contribution < -0.4 is 0 Å². The molecule has 0 radical (unpaired) electrons. The van der Waals surface area contributed by atoms with Gasteiger partial charge < -0.3 is 15.1 Å². The van der Waals surface area contributed by atoms with Gasteiger partial charge in [0.05, 0.1) is 11.7 Å². The van der Waals surface area contributed by atoms with Crippen molar-refractivity contribution in [1.82, 2.24) is 4.90 Å². The Balaban J connectivity index is 2.23. The van der Waals surface area contributed by atoms with Crippen molar-refractivity contribution >= 4 is 28.5 Å². The Morgan fingerprint density at radius 3 is 2.88 bits per heavy atom. The molecular weight excluding hydrogens is 321 g/mol. The second-order valence-corrected chi connectivity index (χ2v) is 5.10. The van der Waals surface area contributed by atoms with E-state index in [4.69, 9.17) is 0 Å². The molecule has 5 heteroatoms. The van der Waals surface area contributed by atoms with Crippen LogP contribution in [0, 0.1) is 3.57 Å². The number of rotatable bonds is 1. The highest BCUT2D eigenvalue weighted by Crippen LogP contribution is 2.23. The van der Waals surface area contributed by atoms with Crippen LogP contribution in [0.25, 0.3) is 0 Å². The molecule has 0 saturated carbocycles. The van der Waals surface area contributed by atoms with E-state index >= 15 is 0 Å². The van der Waals surface area contributed by atoms with Crippen molar-refractivity contribution in [2.24, 2.45) is 0 Å². The minimum atomic E-state index is -0.436. The Morgan fingerprint density at radius 2 is 2.25 bits per heavy atom. The maximum absolute atomic E-state index is 12.0. The fourth-order valence-corrected chi connectivity index (χ4v) is 2.27. The quantitative estimate of drug-likeness (QED) is 0.760. The summed E-state index contributed by atoms with van der Waals surface area (Å²) in [7, 11) is 0. The van der Waals surface area contributed by atoms with Gasteiger partial charge >= 0.3 is 0 Å². The average molecular weight is 333 g/mol. The van der Waals surface area contributed by atoms with E-state index in [0.29, 0.717) is 25.1 Å². The van der Waals surface area contributed by atoms with Gasteiger partial charge in [-0.3, -0.25) is 4.79 Å². The van der Waals surface area contributed by atoms with E-state index in [1.807, 2.05) is 0 Å². The Bertz CT molecular complexity index is 422. The monoisotopic (exact) mass is 333 g/mol. The summed E-state index contributed by atoms with van der Waals surface area (Å²) in [4.78, 5) is 13.6. The first-order valence-corrected chi connectivity index (χ1v) is 6.11. The number of carbonyl (C=O) groups excluding carboxylic acids is 1. The number of amides is 1. The molecule has 0 unspecified atom stereocenters. The number of likely N-dealkylation sites (tertiary alicyclic amines) is 1. The zero-order valence-electron chi connectivity index (χ0n) is 8.56. The maximum atomic E-state index is 12.0. The summed E-state index contributed by atoms with van der Waals surface area (Å²) in [6.45, 7) is 0.897. The minimum Gasteiger partial charge on any atom is -0.507 e. The van der Waals surface area contributed by atoms with E-state index in [1.54, 1.807) is 17.0 Å². The molecule has 1 aliphatic rings. The fourth-order valence-electron chi connectivity index (χ4n) is 1.78. The molecule has 1 aromatic carbocycles. The number of β-amino-alcohol motifs (C(OH)–C–C–N with tert-alkyl or cyclic N) is 1. The van der Waals surface area contributed by atoms with Crippen molar-refractivity contribution in [2.45, 2.75) is 12.5 Å². The summed E-state index contributed by atoms with van der Waals surface area (Å²) in [6, 6.07) is 4.91. The number of benzene rings is 1. The first kappa shape index (κ1) is 11.7. The number of hydrogen-bond donors (Lipinski definition) is 2. The molecule has 1 amide bonds. The van der Waals surface area contributed by atoms with Gasteiger partial charge in [0, 0.05) is 16.7 Å². The van der Waals surface area contributed by atoms with Gasteiger partial charge in [-0.1, -0.05) is 0 Å². The highest BCUT2D eigenvalue weighted by molar-refractivity contribution is 14.1. The third-order valence-corrected chi connectivity index (χ3v) is 3.31. The molecule has 1 saturated heterocycles. The van der Waals surface area contributed by atoms with Crippen molar-refractivity contribution in [3.8, 4) is 5.75 Å². The smallest absolute Gasteiger partial charge is 0.257 e. The van der Waals surface area contributed by atoms with E-state index in [-0.39, 0.29) is 11.7 Å². The van der Waals surface area contributed by atoms with Gasteiger partial charge in [-0.05, 0) is 47.2 Å². The molecule has 1 aliphatic heterocycles. The lowest BCUT2D eigenvalue weighted by molar-refractivity contribution is 0.0762. The van der Waals surface area contributed by atoms with Crippen LogP contribution in [-0.4, -0.2) is 40.2 Å². The maximum Gasteiger partial charge on any atom is 0.257 e. The van der Waals surface area contributed by atoms with Crippen LogP contribution in [0.1, 0.15) is 16.8 Å². The molecule has 2 N–H and O–H groups in total. The molecule has 4 nitrogen and oxygen atoms in total. The molecule has 1 aromatic rings. The first-order chi connectivity index (χ1) is 7.58. The molecule has 1 fully saturated rings. The van der Waals surface area contributed by atoms with E-state index < -0.39 is 6.10 Å². The van der Waals surface area contributed by atoms with Gasteiger partial charge in [-0.15, -0.1) is 0 Å². The molecule has 0 spiro atoms. The van der Waals surface area contributed by atoms with Gasteiger partial charge in [0.25, 0.3) is 5.91 Å². The van der Waals surface area contributed by atoms with Gasteiger partial charge in [0.2, 0.25) is 0 Å². The van der Waals surface area contributed by atoms with Crippen LogP contribution in [-0.2, 0) is 0 Å². The SMILES string of the molecule is O=C(c1cc(I)ccc1O)N1CC[C@@H](O)C1. The molecule has 0 aliphatic carbocycles. The third-order valence-electron chi connectivity index (χ3n) is 2.64. The van der Waals surface area contributed by atoms with Gasteiger partial charge in [0.15, 0.2) is 0 Å². The molecule has 0 bridgehead atoms. The van der Waals surface area contributed by atoms with Crippen LogP contribution in [0.2, 0.25) is 0 Å². The fraction of sp³-hybridized carbons (Fsp3) is 0.364. The highest BCUT2D eigenvalue weighted by atomic mass is 127. The lowest BCUT2D eigenvalue weighted by Crippen LogP contribution is -2.29. The second kappa shape index (κ2) is 4.58. The van der Waals surface area contributed by atoms with Crippen LogP contribution in [0.15, 0.2) is 18.2 Å². The second-order valence-electron chi connectivity index (χ2n) is 3.86. The highest BCUT2D eigenvalue weighted by Gasteiger charge is 2.26.